The number of benzene rings is 2. The van der Waals surface area contributed by atoms with E-state index >= 15 is 0 Å². The summed E-state index contributed by atoms with van der Waals surface area (Å²) >= 11 is 0. The normalized spacial score (nSPS) is 11.4. The highest BCUT2D eigenvalue weighted by atomic mass is 16.5. The lowest BCUT2D eigenvalue weighted by atomic mass is 10.1. The SMILES string of the molecule is CCc1ccnc(-n2c3ccccc3c3ccc(Oc4ccc5[nH]ccc(=O)c5n4)cc32)c1. The van der Waals surface area contributed by atoms with Crippen LogP contribution in [0.1, 0.15) is 12.5 Å². The van der Waals surface area contributed by atoms with E-state index in [2.05, 4.69) is 50.7 Å². The monoisotopic (exact) mass is 432 g/mol. The maximum Gasteiger partial charge on any atom is 0.220 e. The summed E-state index contributed by atoms with van der Waals surface area (Å²) in [4.78, 5) is 24.3. The van der Waals surface area contributed by atoms with Crippen molar-refractivity contribution >= 4 is 32.8 Å². The van der Waals surface area contributed by atoms with E-state index in [4.69, 9.17) is 4.74 Å². The molecule has 0 fully saturated rings. The van der Waals surface area contributed by atoms with Crippen molar-refractivity contribution in [3.05, 3.63) is 101 Å². The van der Waals surface area contributed by atoms with E-state index < -0.39 is 0 Å². The first-order chi connectivity index (χ1) is 16.2. The summed E-state index contributed by atoms with van der Waals surface area (Å²) in [7, 11) is 0. The second-order valence-corrected chi connectivity index (χ2v) is 7.90. The Morgan fingerprint density at radius 1 is 0.939 bits per heavy atom. The summed E-state index contributed by atoms with van der Waals surface area (Å²) in [6.45, 7) is 2.14. The molecule has 160 valence electrons. The van der Waals surface area contributed by atoms with Gasteiger partial charge in [0.05, 0.1) is 16.6 Å². The fraction of sp³-hybridized carbons (Fsp3) is 0.0741. The van der Waals surface area contributed by atoms with Crippen LogP contribution in [0.2, 0.25) is 0 Å². The van der Waals surface area contributed by atoms with Gasteiger partial charge in [-0.05, 0) is 48.4 Å². The van der Waals surface area contributed by atoms with Gasteiger partial charge in [0.25, 0.3) is 0 Å². The predicted molar refractivity (Wildman–Crippen MR) is 130 cm³/mol. The number of para-hydroxylation sites is 1. The minimum absolute atomic E-state index is 0.147. The standard InChI is InChI=1S/C27H20N4O2/c1-2-17-11-13-29-25(15-17)31-22-6-4-3-5-19(22)20-8-7-18(16-23(20)31)33-26-10-9-21-27(30-26)24(32)12-14-28-21/h3-16H,2H2,1H3,(H,28,32). The zero-order valence-corrected chi connectivity index (χ0v) is 17.9. The summed E-state index contributed by atoms with van der Waals surface area (Å²) in [5.74, 6) is 1.87. The van der Waals surface area contributed by atoms with Crippen molar-refractivity contribution < 1.29 is 4.74 Å². The summed E-state index contributed by atoms with van der Waals surface area (Å²) in [6, 6.07) is 23.5. The van der Waals surface area contributed by atoms with E-state index in [1.54, 1.807) is 18.3 Å². The number of pyridine rings is 3. The Kier molecular flexibility index (Phi) is 4.43. The summed E-state index contributed by atoms with van der Waals surface area (Å²) < 4.78 is 8.25. The molecular formula is C27H20N4O2. The first kappa shape index (κ1) is 19.3. The highest BCUT2D eigenvalue weighted by Gasteiger charge is 2.14. The summed E-state index contributed by atoms with van der Waals surface area (Å²) in [5.41, 5.74) is 4.18. The Morgan fingerprint density at radius 3 is 2.73 bits per heavy atom. The number of nitrogens with one attached hydrogen (secondary N) is 1. The lowest BCUT2D eigenvalue weighted by molar-refractivity contribution is 0.465. The number of hydrogen-bond donors (Lipinski definition) is 1. The molecule has 2 aromatic carbocycles. The van der Waals surface area contributed by atoms with Crippen LogP contribution in [0, 0.1) is 0 Å². The van der Waals surface area contributed by atoms with E-state index in [1.807, 2.05) is 36.5 Å². The Bertz CT molecular complexity index is 1720. The van der Waals surface area contributed by atoms with Crippen molar-refractivity contribution in [2.45, 2.75) is 13.3 Å². The van der Waals surface area contributed by atoms with Crippen LogP contribution in [0.3, 0.4) is 0 Å². The molecule has 0 amide bonds. The van der Waals surface area contributed by atoms with Crippen molar-refractivity contribution in [1.29, 1.82) is 0 Å². The molecule has 0 spiro atoms. The van der Waals surface area contributed by atoms with Gasteiger partial charge in [0.2, 0.25) is 11.3 Å². The lowest BCUT2D eigenvalue weighted by Crippen LogP contribution is -2.03. The van der Waals surface area contributed by atoms with Gasteiger partial charge in [-0.2, -0.15) is 0 Å². The summed E-state index contributed by atoms with van der Waals surface area (Å²) in [6.07, 6.45) is 4.40. The molecular weight excluding hydrogens is 412 g/mol. The molecule has 4 heterocycles. The average Bonchev–Trinajstić information content (AvgIpc) is 3.18. The average molecular weight is 432 g/mol. The number of ether oxygens (including phenoxy) is 1. The largest absolute Gasteiger partial charge is 0.439 e. The predicted octanol–water partition coefficient (Wildman–Crippen LogP) is 5.77. The van der Waals surface area contributed by atoms with E-state index in [0.717, 1.165) is 34.0 Å². The topological polar surface area (TPSA) is 72.8 Å². The highest BCUT2D eigenvalue weighted by Crippen LogP contribution is 2.34. The van der Waals surface area contributed by atoms with Crippen LogP contribution in [0.5, 0.6) is 11.6 Å². The molecule has 0 bridgehead atoms. The second kappa shape index (κ2) is 7.60. The quantitative estimate of drug-likeness (QED) is 0.384. The zero-order chi connectivity index (χ0) is 22.4. The molecule has 0 aliphatic heterocycles. The van der Waals surface area contributed by atoms with Crippen molar-refractivity contribution in [2.24, 2.45) is 0 Å². The molecule has 0 saturated heterocycles. The third kappa shape index (κ3) is 3.24. The van der Waals surface area contributed by atoms with Crippen molar-refractivity contribution in [3.63, 3.8) is 0 Å². The highest BCUT2D eigenvalue weighted by molar-refractivity contribution is 6.09. The van der Waals surface area contributed by atoms with Crippen molar-refractivity contribution in [1.82, 2.24) is 19.5 Å². The Morgan fingerprint density at radius 2 is 1.82 bits per heavy atom. The maximum atomic E-state index is 12.2. The molecule has 6 aromatic rings. The molecule has 1 N–H and O–H groups in total. The number of H-pyrrole nitrogens is 1. The molecule has 0 atom stereocenters. The van der Waals surface area contributed by atoms with E-state index in [-0.39, 0.29) is 5.43 Å². The molecule has 0 unspecified atom stereocenters. The van der Waals surface area contributed by atoms with Gasteiger partial charge < -0.3 is 9.72 Å². The third-order valence-electron chi connectivity index (χ3n) is 5.89. The van der Waals surface area contributed by atoms with Crippen molar-refractivity contribution in [3.8, 4) is 17.4 Å². The zero-order valence-electron chi connectivity index (χ0n) is 17.9. The minimum atomic E-state index is -0.147. The number of aromatic amines is 1. The molecule has 6 nitrogen and oxygen atoms in total. The van der Waals surface area contributed by atoms with Gasteiger partial charge in [-0.3, -0.25) is 9.36 Å². The van der Waals surface area contributed by atoms with Crippen LogP contribution in [0.25, 0.3) is 38.7 Å². The summed E-state index contributed by atoms with van der Waals surface area (Å²) in [5, 5.41) is 2.27. The number of fused-ring (bicyclic) bond motifs is 4. The van der Waals surface area contributed by atoms with Crippen molar-refractivity contribution in [2.75, 3.05) is 0 Å². The van der Waals surface area contributed by atoms with Crippen LogP contribution < -0.4 is 10.2 Å². The smallest absolute Gasteiger partial charge is 0.220 e. The first-order valence-corrected chi connectivity index (χ1v) is 10.9. The van der Waals surface area contributed by atoms with Crippen LogP contribution in [-0.2, 0) is 6.42 Å². The number of aromatic nitrogens is 4. The number of aryl methyl sites for hydroxylation is 1. The molecule has 6 heteroatoms. The Hall–Kier alpha value is -4.45. The van der Waals surface area contributed by atoms with Crippen LogP contribution in [-0.4, -0.2) is 19.5 Å². The molecule has 33 heavy (non-hydrogen) atoms. The fourth-order valence-corrected chi connectivity index (χ4v) is 4.27. The lowest BCUT2D eigenvalue weighted by Gasteiger charge is -2.10. The van der Waals surface area contributed by atoms with E-state index in [1.165, 1.54) is 11.6 Å². The first-order valence-electron chi connectivity index (χ1n) is 10.9. The van der Waals surface area contributed by atoms with Gasteiger partial charge in [0.15, 0.2) is 0 Å². The molecule has 6 rings (SSSR count). The number of hydrogen-bond acceptors (Lipinski definition) is 4. The number of nitrogens with zero attached hydrogens (tertiary/aromatic N) is 3. The maximum absolute atomic E-state index is 12.2. The third-order valence-corrected chi connectivity index (χ3v) is 5.89. The fourth-order valence-electron chi connectivity index (χ4n) is 4.27. The van der Waals surface area contributed by atoms with Gasteiger partial charge in [-0.25, -0.2) is 9.97 Å². The van der Waals surface area contributed by atoms with E-state index in [9.17, 15) is 4.79 Å². The van der Waals surface area contributed by atoms with Gasteiger partial charge in [-0.1, -0.05) is 25.1 Å². The molecule has 0 radical (unpaired) electrons. The molecule has 4 aromatic heterocycles. The molecule has 0 saturated carbocycles. The number of rotatable bonds is 4. The van der Waals surface area contributed by atoms with Gasteiger partial charge in [-0.15, -0.1) is 0 Å². The van der Waals surface area contributed by atoms with Gasteiger partial charge in [0.1, 0.15) is 17.1 Å². The minimum Gasteiger partial charge on any atom is -0.439 e. The molecule has 0 aliphatic rings. The second-order valence-electron chi connectivity index (χ2n) is 7.90. The Labute approximate surface area is 189 Å². The van der Waals surface area contributed by atoms with E-state index in [0.29, 0.717) is 22.7 Å². The van der Waals surface area contributed by atoms with Gasteiger partial charge >= 0.3 is 0 Å². The Balaban J connectivity index is 1.52. The van der Waals surface area contributed by atoms with Crippen LogP contribution >= 0.6 is 0 Å². The van der Waals surface area contributed by atoms with Gasteiger partial charge in [0, 0.05) is 41.4 Å². The van der Waals surface area contributed by atoms with Crippen LogP contribution in [0.4, 0.5) is 0 Å². The molecule has 0 aliphatic carbocycles. The van der Waals surface area contributed by atoms with Crippen LogP contribution in [0.15, 0.2) is 90.0 Å².